The number of ether oxygens (including phenoxy) is 1. The van der Waals surface area contributed by atoms with Crippen molar-refractivity contribution in [3.8, 4) is 11.3 Å². The molecule has 3 atom stereocenters. The van der Waals surface area contributed by atoms with Gasteiger partial charge in [0.25, 0.3) is 5.91 Å². The minimum atomic E-state index is -4.44. The second-order valence-electron chi connectivity index (χ2n) is 9.84. The van der Waals surface area contributed by atoms with E-state index in [1.54, 1.807) is 30.6 Å². The number of imidazole rings is 1. The molecule has 1 aliphatic heterocycles. The average molecular weight is 579 g/mol. The fourth-order valence-electron chi connectivity index (χ4n) is 4.63. The molecule has 0 aliphatic carbocycles. The number of H-pyrrole nitrogens is 1. The van der Waals surface area contributed by atoms with E-state index in [0.29, 0.717) is 48.8 Å². The van der Waals surface area contributed by atoms with Crippen molar-refractivity contribution in [2.24, 2.45) is 4.99 Å². The summed E-state index contributed by atoms with van der Waals surface area (Å²) in [5.41, 5.74) is 3.06. The molecule has 1 aromatic heterocycles. The number of anilines is 1. The second-order valence-corrected chi connectivity index (χ2v) is 10.4. The van der Waals surface area contributed by atoms with Crippen molar-refractivity contribution < 1.29 is 22.7 Å². The van der Waals surface area contributed by atoms with E-state index in [1.165, 1.54) is 12.1 Å². The van der Waals surface area contributed by atoms with Crippen molar-refractivity contribution in [3.63, 3.8) is 0 Å². The first-order chi connectivity index (χ1) is 19.8. The molecule has 2 heterocycles. The molecule has 212 valence electrons. The van der Waals surface area contributed by atoms with Crippen LogP contribution in [0, 0.1) is 0 Å². The Labute approximate surface area is 241 Å². The third kappa shape index (κ3) is 7.25. The molecule has 2 unspecified atom stereocenters. The normalized spacial score (nSPS) is 17.2. The lowest BCUT2D eigenvalue weighted by Gasteiger charge is -2.22. The highest BCUT2D eigenvalue weighted by atomic mass is 32.1. The van der Waals surface area contributed by atoms with Crippen LogP contribution < -0.4 is 5.32 Å². The quantitative estimate of drug-likeness (QED) is 0.134. The summed E-state index contributed by atoms with van der Waals surface area (Å²) in [6.07, 6.45) is 0.0322. The van der Waals surface area contributed by atoms with Gasteiger partial charge in [0, 0.05) is 24.4 Å². The van der Waals surface area contributed by atoms with Gasteiger partial charge in [-0.25, -0.2) is 4.98 Å². The van der Waals surface area contributed by atoms with Crippen LogP contribution >= 0.6 is 12.6 Å². The molecule has 1 amide bonds. The van der Waals surface area contributed by atoms with Gasteiger partial charge in [-0.05, 0) is 47.7 Å². The number of carbonyl (C=O) groups is 1. The second kappa shape index (κ2) is 12.7. The van der Waals surface area contributed by atoms with Crippen molar-refractivity contribution in [3.05, 3.63) is 108 Å². The zero-order chi connectivity index (χ0) is 28.8. The average Bonchev–Trinajstić information content (AvgIpc) is 3.44. The first-order valence-electron chi connectivity index (χ1n) is 13.2. The molecule has 0 bridgehead atoms. The molecule has 41 heavy (non-hydrogen) atoms. The lowest BCUT2D eigenvalue weighted by atomic mass is 9.92. The van der Waals surface area contributed by atoms with Crippen LogP contribution in [0.2, 0.25) is 0 Å². The lowest BCUT2D eigenvalue weighted by Crippen LogP contribution is -2.41. The minimum absolute atomic E-state index is 0.183. The molecular formula is C31H29F3N4O2S. The van der Waals surface area contributed by atoms with E-state index in [2.05, 4.69) is 32.9 Å². The summed E-state index contributed by atoms with van der Waals surface area (Å²) < 4.78 is 46.3. The Morgan fingerprint density at radius 3 is 2.51 bits per heavy atom. The first-order valence-corrected chi connectivity index (χ1v) is 13.8. The van der Waals surface area contributed by atoms with Crippen molar-refractivity contribution in [2.75, 3.05) is 11.9 Å². The molecule has 4 aromatic rings. The smallest absolute Gasteiger partial charge is 0.377 e. The summed E-state index contributed by atoms with van der Waals surface area (Å²) in [5, 5.41) is 2.65. The predicted molar refractivity (Wildman–Crippen MR) is 156 cm³/mol. The highest BCUT2D eigenvalue weighted by molar-refractivity contribution is 7.82. The maximum atomic E-state index is 13.5. The number of aromatic nitrogens is 2. The molecule has 0 radical (unpaired) electrons. The third-order valence-corrected chi connectivity index (χ3v) is 7.31. The zero-order valence-corrected chi connectivity index (χ0v) is 22.9. The van der Waals surface area contributed by atoms with Gasteiger partial charge in [-0.3, -0.25) is 9.79 Å². The van der Waals surface area contributed by atoms with Crippen molar-refractivity contribution in [1.29, 1.82) is 0 Å². The number of carbonyl (C=O) groups excluding carboxylic acids is 1. The van der Waals surface area contributed by atoms with Gasteiger partial charge in [0.1, 0.15) is 11.9 Å². The third-order valence-electron chi connectivity index (χ3n) is 6.89. The molecule has 3 aromatic carbocycles. The number of nitrogens with zero attached hydrogens (tertiary/aromatic N) is 2. The Morgan fingerprint density at radius 1 is 1.05 bits per heavy atom. The van der Waals surface area contributed by atoms with Crippen LogP contribution in [0.4, 0.5) is 18.9 Å². The van der Waals surface area contributed by atoms with Crippen LogP contribution in [0.15, 0.2) is 90.1 Å². The molecule has 0 saturated heterocycles. The first kappa shape index (κ1) is 28.6. The summed E-state index contributed by atoms with van der Waals surface area (Å²) in [4.78, 5) is 24.2. The molecule has 2 N–H and O–H groups in total. The fraction of sp³-hybridized carbons (Fsp3) is 0.258. The van der Waals surface area contributed by atoms with Crippen LogP contribution in [0.25, 0.3) is 11.3 Å². The number of aliphatic imine (C=N–C) groups is 1. The lowest BCUT2D eigenvalue weighted by molar-refractivity contribution is -0.137. The molecule has 0 fully saturated rings. The van der Waals surface area contributed by atoms with E-state index in [1.807, 2.05) is 42.5 Å². The van der Waals surface area contributed by atoms with Crippen molar-refractivity contribution >= 4 is 30.4 Å². The molecule has 0 saturated carbocycles. The number of hydrogen-bond acceptors (Lipinski definition) is 5. The van der Waals surface area contributed by atoms with E-state index in [9.17, 15) is 18.0 Å². The summed E-state index contributed by atoms with van der Waals surface area (Å²) in [6.45, 7) is 0.935. The van der Waals surface area contributed by atoms with Gasteiger partial charge in [-0.15, -0.1) is 0 Å². The van der Waals surface area contributed by atoms with Gasteiger partial charge >= 0.3 is 6.18 Å². The monoisotopic (exact) mass is 578 g/mol. The molecular weight excluding hydrogens is 549 g/mol. The minimum Gasteiger partial charge on any atom is -0.377 e. The SMILES string of the molecule is O=C(Nc1ccc(-c2cnc(C(CCCOCc3ccccc3)c3cccc(C(F)(F)F)c3)[nH]2)cc1)C1N=C[C@@H]1S. The van der Waals surface area contributed by atoms with Crippen LogP contribution in [0.1, 0.15) is 41.3 Å². The number of rotatable bonds is 11. The maximum Gasteiger partial charge on any atom is 0.416 e. The predicted octanol–water partition coefficient (Wildman–Crippen LogP) is 6.91. The molecule has 0 spiro atoms. The number of aromatic amines is 1. The Kier molecular flexibility index (Phi) is 8.90. The van der Waals surface area contributed by atoms with Gasteiger partial charge in [-0.1, -0.05) is 60.7 Å². The van der Waals surface area contributed by atoms with Crippen LogP contribution in [-0.4, -0.2) is 40.0 Å². The maximum absolute atomic E-state index is 13.5. The number of benzene rings is 3. The van der Waals surface area contributed by atoms with E-state index in [4.69, 9.17) is 4.74 Å². The van der Waals surface area contributed by atoms with Gasteiger partial charge in [0.2, 0.25) is 0 Å². The summed E-state index contributed by atoms with van der Waals surface area (Å²) in [6, 6.07) is 21.9. The summed E-state index contributed by atoms with van der Waals surface area (Å²) >= 11 is 4.28. The number of nitrogens with one attached hydrogen (secondary N) is 2. The molecule has 10 heteroatoms. The Morgan fingerprint density at radius 2 is 1.83 bits per heavy atom. The number of thiol groups is 1. The fourth-order valence-corrected chi connectivity index (χ4v) is 4.92. The largest absolute Gasteiger partial charge is 0.416 e. The van der Waals surface area contributed by atoms with E-state index in [-0.39, 0.29) is 17.1 Å². The van der Waals surface area contributed by atoms with Crippen molar-refractivity contribution in [2.45, 2.75) is 42.8 Å². The Bertz CT molecular complexity index is 1490. The number of amides is 1. The number of halogens is 3. The number of alkyl halides is 3. The topological polar surface area (TPSA) is 79.4 Å². The van der Waals surface area contributed by atoms with E-state index >= 15 is 0 Å². The highest BCUT2D eigenvalue weighted by Gasteiger charge is 2.32. The molecule has 5 rings (SSSR count). The Balaban J connectivity index is 1.29. The highest BCUT2D eigenvalue weighted by Crippen LogP contribution is 2.35. The molecule has 1 aliphatic rings. The van der Waals surface area contributed by atoms with Crippen LogP contribution in [0.3, 0.4) is 0 Å². The van der Waals surface area contributed by atoms with E-state index in [0.717, 1.165) is 17.2 Å². The summed E-state index contributed by atoms with van der Waals surface area (Å²) in [7, 11) is 0. The van der Waals surface area contributed by atoms with Gasteiger partial charge in [0.05, 0.1) is 29.3 Å². The van der Waals surface area contributed by atoms with Gasteiger partial charge in [0.15, 0.2) is 0 Å². The zero-order valence-electron chi connectivity index (χ0n) is 22.0. The van der Waals surface area contributed by atoms with Gasteiger partial charge < -0.3 is 15.0 Å². The van der Waals surface area contributed by atoms with E-state index < -0.39 is 17.8 Å². The van der Waals surface area contributed by atoms with Crippen LogP contribution in [-0.2, 0) is 22.3 Å². The summed E-state index contributed by atoms with van der Waals surface area (Å²) in [5.74, 6) is -0.0367. The van der Waals surface area contributed by atoms with Crippen molar-refractivity contribution in [1.82, 2.24) is 9.97 Å². The Hall–Kier alpha value is -3.89. The molecule has 6 nitrogen and oxygen atoms in total. The van der Waals surface area contributed by atoms with Gasteiger partial charge in [-0.2, -0.15) is 25.8 Å². The van der Waals surface area contributed by atoms with Crippen LogP contribution in [0.5, 0.6) is 0 Å². The standard InChI is InChI=1S/C31H29F3N4O2S/c32-31(33,34)23-9-4-8-22(16-23)25(10-5-15-40-19-20-6-2-1-3-7-20)29-36-17-26(38-29)21-11-13-24(14-12-21)37-30(39)28-27(41)18-35-28/h1-4,6-9,11-14,16-18,25,27-28,41H,5,10,15,19H2,(H,36,38)(H,37,39)/t25?,27-,28?/m0/s1. The number of hydrogen-bond donors (Lipinski definition) is 3.